The summed E-state index contributed by atoms with van der Waals surface area (Å²) in [5.41, 5.74) is 0.574. The third-order valence-corrected chi connectivity index (χ3v) is 2.34. The first kappa shape index (κ1) is 13.1. The lowest BCUT2D eigenvalue weighted by Crippen LogP contribution is -2.34. The van der Waals surface area contributed by atoms with Gasteiger partial charge < -0.3 is 10.1 Å². The molecule has 0 aliphatic heterocycles. The van der Waals surface area contributed by atoms with Gasteiger partial charge in [-0.05, 0) is 6.92 Å². The van der Waals surface area contributed by atoms with Crippen LogP contribution in [0.3, 0.4) is 0 Å². The van der Waals surface area contributed by atoms with Gasteiger partial charge in [-0.3, -0.25) is 14.9 Å². The number of nitrogens with zero attached hydrogens (tertiary/aromatic N) is 1. The number of hydrogen-bond donors (Lipinski definition) is 1. The first-order chi connectivity index (χ1) is 8.06. The van der Waals surface area contributed by atoms with Crippen molar-refractivity contribution in [3.05, 3.63) is 39.9 Å². The van der Waals surface area contributed by atoms with Crippen LogP contribution in [0.2, 0.25) is 0 Å². The van der Waals surface area contributed by atoms with Gasteiger partial charge in [-0.2, -0.15) is 0 Å². The number of methoxy groups -OCH3 is 1. The van der Waals surface area contributed by atoms with Gasteiger partial charge in [0.2, 0.25) is 0 Å². The molecule has 0 radical (unpaired) electrons. The minimum atomic E-state index is -0.500. The first-order valence-corrected chi connectivity index (χ1v) is 5.09. The van der Waals surface area contributed by atoms with Gasteiger partial charge in [0.1, 0.15) is 6.04 Å². The summed E-state index contributed by atoms with van der Waals surface area (Å²) in [7, 11) is 1.30. The van der Waals surface area contributed by atoms with Crippen LogP contribution in [-0.2, 0) is 16.1 Å². The van der Waals surface area contributed by atoms with Crippen molar-refractivity contribution in [2.24, 2.45) is 0 Å². The fraction of sp³-hybridized carbons (Fsp3) is 0.364. The molecule has 0 fully saturated rings. The largest absolute Gasteiger partial charge is 0.468 e. The molecule has 0 bridgehead atoms. The van der Waals surface area contributed by atoms with Crippen molar-refractivity contribution in [3.63, 3.8) is 0 Å². The van der Waals surface area contributed by atoms with Crippen LogP contribution in [0.4, 0.5) is 5.69 Å². The van der Waals surface area contributed by atoms with E-state index in [4.69, 9.17) is 0 Å². The van der Waals surface area contributed by atoms with E-state index in [1.165, 1.54) is 13.2 Å². The van der Waals surface area contributed by atoms with Gasteiger partial charge >= 0.3 is 5.97 Å². The summed E-state index contributed by atoms with van der Waals surface area (Å²) < 4.78 is 4.54. The smallest absolute Gasteiger partial charge is 0.322 e. The molecule has 0 heterocycles. The highest BCUT2D eigenvalue weighted by Crippen LogP contribution is 2.17. The average Bonchev–Trinajstić information content (AvgIpc) is 2.35. The molecule has 6 nitrogen and oxygen atoms in total. The Morgan fingerprint density at radius 3 is 2.76 bits per heavy atom. The lowest BCUT2D eigenvalue weighted by atomic mass is 10.1. The molecule has 0 aromatic heterocycles. The number of rotatable bonds is 5. The van der Waals surface area contributed by atoms with Crippen LogP contribution in [0, 0.1) is 10.1 Å². The Kier molecular flexibility index (Phi) is 4.59. The third kappa shape index (κ3) is 3.53. The molecule has 1 aromatic rings. The first-order valence-electron chi connectivity index (χ1n) is 5.09. The van der Waals surface area contributed by atoms with Crippen LogP contribution < -0.4 is 5.32 Å². The minimum absolute atomic E-state index is 0.0389. The molecule has 0 amide bonds. The van der Waals surface area contributed by atoms with E-state index in [2.05, 4.69) is 10.1 Å². The van der Waals surface area contributed by atoms with Crippen LogP contribution in [0.25, 0.3) is 0 Å². The molecule has 1 rings (SSSR count). The molecule has 0 saturated heterocycles. The highest BCUT2D eigenvalue weighted by atomic mass is 16.6. The summed E-state index contributed by atoms with van der Waals surface area (Å²) in [6.07, 6.45) is 0. The Morgan fingerprint density at radius 2 is 2.18 bits per heavy atom. The van der Waals surface area contributed by atoms with E-state index < -0.39 is 16.9 Å². The topological polar surface area (TPSA) is 81.5 Å². The van der Waals surface area contributed by atoms with Gasteiger partial charge in [-0.1, -0.05) is 18.2 Å². The van der Waals surface area contributed by atoms with E-state index in [-0.39, 0.29) is 12.2 Å². The molecule has 17 heavy (non-hydrogen) atoms. The van der Waals surface area contributed by atoms with E-state index >= 15 is 0 Å². The van der Waals surface area contributed by atoms with Crippen molar-refractivity contribution in [2.45, 2.75) is 19.5 Å². The highest BCUT2D eigenvalue weighted by Gasteiger charge is 2.16. The minimum Gasteiger partial charge on any atom is -0.468 e. The number of carbonyl (C=O) groups excluding carboxylic acids is 1. The predicted octanol–water partition coefficient (Wildman–Crippen LogP) is 1.25. The maximum atomic E-state index is 11.1. The lowest BCUT2D eigenvalue weighted by Gasteiger charge is -2.11. The summed E-state index contributed by atoms with van der Waals surface area (Å²) in [5.74, 6) is -0.399. The van der Waals surface area contributed by atoms with Crippen LogP contribution >= 0.6 is 0 Å². The third-order valence-electron chi connectivity index (χ3n) is 2.34. The SMILES string of the molecule is COC(=O)[C@@H](C)NCc1ccccc1[N+](=O)[O-]. The molecule has 1 aromatic carbocycles. The number of ether oxygens (including phenoxy) is 1. The normalized spacial score (nSPS) is 11.9. The predicted molar refractivity (Wildman–Crippen MR) is 61.4 cm³/mol. The van der Waals surface area contributed by atoms with E-state index in [0.717, 1.165) is 0 Å². The number of nitro benzene ring substituents is 1. The molecule has 0 unspecified atom stereocenters. The van der Waals surface area contributed by atoms with Crippen LogP contribution in [0.15, 0.2) is 24.3 Å². The molecule has 92 valence electrons. The van der Waals surface area contributed by atoms with Crippen molar-refractivity contribution in [1.29, 1.82) is 0 Å². The summed E-state index contributed by atoms with van der Waals surface area (Å²) >= 11 is 0. The van der Waals surface area contributed by atoms with Crippen molar-refractivity contribution < 1.29 is 14.5 Å². The van der Waals surface area contributed by atoms with Crippen molar-refractivity contribution in [2.75, 3.05) is 7.11 Å². The molecule has 1 N–H and O–H groups in total. The number of para-hydroxylation sites is 1. The fourth-order valence-corrected chi connectivity index (χ4v) is 1.36. The molecule has 0 aliphatic rings. The van der Waals surface area contributed by atoms with Crippen LogP contribution in [-0.4, -0.2) is 24.0 Å². The number of carbonyl (C=O) groups is 1. The summed E-state index contributed by atoms with van der Waals surface area (Å²) in [4.78, 5) is 21.4. The van der Waals surface area contributed by atoms with Gasteiger partial charge in [0.25, 0.3) is 5.69 Å². The molecule has 1 atom stereocenters. The van der Waals surface area contributed by atoms with Gasteiger partial charge in [0.05, 0.1) is 12.0 Å². The maximum absolute atomic E-state index is 11.1. The molecular formula is C11H14N2O4. The number of benzene rings is 1. The molecule has 0 aliphatic carbocycles. The molecular weight excluding hydrogens is 224 g/mol. The van der Waals surface area contributed by atoms with E-state index in [1.807, 2.05) is 0 Å². The van der Waals surface area contributed by atoms with Crippen molar-refractivity contribution in [3.8, 4) is 0 Å². The lowest BCUT2D eigenvalue weighted by molar-refractivity contribution is -0.385. The number of nitrogens with one attached hydrogen (secondary N) is 1. The second kappa shape index (κ2) is 5.95. The molecule has 6 heteroatoms. The standard InChI is InChI=1S/C11H14N2O4/c1-8(11(14)17-2)12-7-9-5-3-4-6-10(9)13(15)16/h3-6,8,12H,7H2,1-2H3/t8-/m1/s1. The Labute approximate surface area is 98.7 Å². The monoisotopic (exact) mass is 238 g/mol. The molecule has 0 spiro atoms. The Morgan fingerprint density at radius 1 is 1.53 bits per heavy atom. The fourth-order valence-electron chi connectivity index (χ4n) is 1.36. The maximum Gasteiger partial charge on any atom is 0.322 e. The summed E-state index contributed by atoms with van der Waals surface area (Å²) in [6, 6.07) is 5.90. The average molecular weight is 238 g/mol. The Hall–Kier alpha value is -1.95. The summed E-state index contributed by atoms with van der Waals surface area (Å²) in [6.45, 7) is 1.88. The highest BCUT2D eigenvalue weighted by molar-refractivity contribution is 5.75. The zero-order chi connectivity index (χ0) is 12.8. The second-order valence-electron chi connectivity index (χ2n) is 3.51. The zero-order valence-electron chi connectivity index (χ0n) is 9.67. The number of nitro groups is 1. The van der Waals surface area contributed by atoms with Gasteiger partial charge in [-0.25, -0.2) is 0 Å². The Balaban J connectivity index is 2.69. The van der Waals surface area contributed by atoms with E-state index in [0.29, 0.717) is 5.56 Å². The number of esters is 1. The van der Waals surface area contributed by atoms with Crippen LogP contribution in [0.5, 0.6) is 0 Å². The number of hydrogen-bond acceptors (Lipinski definition) is 5. The van der Waals surface area contributed by atoms with E-state index in [9.17, 15) is 14.9 Å². The van der Waals surface area contributed by atoms with Gasteiger partial charge in [0, 0.05) is 18.2 Å². The van der Waals surface area contributed by atoms with Crippen molar-refractivity contribution in [1.82, 2.24) is 5.32 Å². The zero-order valence-corrected chi connectivity index (χ0v) is 9.67. The van der Waals surface area contributed by atoms with E-state index in [1.54, 1.807) is 25.1 Å². The molecule has 0 saturated carbocycles. The summed E-state index contributed by atoms with van der Waals surface area (Å²) in [5, 5.41) is 13.6. The van der Waals surface area contributed by atoms with Crippen molar-refractivity contribution >= 4 is 11.7 Å². The Bertz CT molecular complexity index is 420. The van der Waals surface area contributed by atoms with Gasteiger partial charge in [-0.15, -0.1) is 0 Å². The quantitative estimate of drug-likeness (QED) is 0.474. The van der Waals surface area contributed by atoms with Gasteiger partial charge in [0.15, 0.2) is 0 Å². The van der Waals surface area contributed by atoms with Crippen LogP contribution in [0.1, 0.15) is 12.5 Å². The second-order valence-corrected chi connectivity index (χ2v) is 3.51.